The van der Waals surface area contributed by atoms with Crippen LogP contribution in [0.5, 0.6) is 11.5 Å². The van der Waals surface area contributed by atoms with E-state index in [1.807, 2.05) is 50.2 Å². The second-order valence-electron chi connectivity index (χ2n) is 7.88. The molecule has 1 N–H and O–H groups in total. The standard InChI is InChI=1S/C26H22N2O4/c1-16-3-7-18(8-4-16)23-24(27-19-9-12-21-22(15-19)32-14-13-31-21)26(30)28(25(23)29)20-10-5-17(2)6-11-20/h3-12,15,27H,13-14H2,1-2H3. The molecule has 0 unspecified atom stereocenters. The molecule has 32 heavy (non-hydrogen) atoms. The van der Waals surface area contributed by atoms with Crippen LogP contribution in [0.4, 0.5) is 11.4 Å². The van der Waals surface area contributed by atoms with Crippen molar-refractivity contribution in [3.8, 4) is 11.5 Å². The highest BCUT2D eigenvalue weighted by Crippen LogP contribution is 2.37. The molecular formula is C26H22N2O4. The summed E-state index contributed by atoms with van der Waals surface area (Å²) in [5.41, 5.74) is 4.55. The quantitative estimate of drug-likeness (QED) is 0.624. The summed E-state index contributed by atoms with van der Waals surface area (Å²) in [7, 11) is 0. The van der Waals surface area contributed by atoms with Gasteiger partial charge in [0.25, 0.3) is 11.8 Å². The first-order valence-corrected chi connectivity index (χ1v) is 10.4. The Labute approximate surface area is 186 Å². The average Bonchev–Trinajstić information content (AvgIpc) is 3.04. The summed E-state index contributed by atoms with van der Waals surface area (Å²) in [6.45, 7) is 4.91. The minimum absolute atomic E-state index is 0.233. The van der Waals surface area contributed by atoms with Crippen molar-refractivity contribution in [3.63, 3.8) is 0 Å². The van der Waals surface area contributed by atoms with Crippen LogP contribution < -0.4 is 19.7 Å². The van der Waals surface area contributed by atoms with Gasteiger partial charge in [0.2, 0.25) is 0 Å². The summed E-state index contributed by atoms with van der Waals surface area (Å²) in [4.78, 5) is 28.2. The van der Waals surface area contributed by atoms with Crippen molar-refractivity contribution in [2.24, 2.45) is 0 Å². The number of amides is 2. The molecule has 0 aromatic heterocycles. The third-order valence-electron chi connectivity index (χ3n) is 5.53. The minimum Gasteiger partial charge on any atom is -0.486 e. The fourth-order valence-electron chi connectivity index (χ4n) is 3.83. The average molecular weight is 426 g/mol. The molecular weight excluding hydrogens is 404 g/mol. The fourth-order valence-corrected chi connectivity index (χ4v) is 3.83. The molecule has 2 aliphatic heterocycles. The molecule has 6 nitrogen and oxygen atoms in total. The first kappa shape index (κ1) is 19.9. The Hall–Kier alpha value is -4.06. The number of aryl methyl sites for hydroxylation is 2. The number of benzene rings is 3. The summed E-state index contributed by atoms with van der Waals surface area (Å²) < 4.78 is 11.2. The number of carbonyl (C=O) groups excluding carboxylic acids is 2. The summed E-state index contributed by atoms with van der Waals surface area (Å²) in [6, 6.07) is 20.3. The SMILES string of the molecule is Cc1ccc(C2=C(Nc3ccc4c(c3)OCCO4)C(=O)N(c3ccc(C)cc3)C2=O)cc1. The van der Waals surface area contributed by atoms with Gasteiger partial charge in [-0.05, 0) is 43.7 Å². The van der Waals surface area contributed by atoms with Crippen molar-refractivity contribution in [1.82, 2.24) is 0 Å². The number of fused-ring (bicyclic) bond motifs is 1. The van der Waals surface area contributed by atoms with E-state index in [0.29, 0.717) is 47.2 Å². The van der Waals surface area contributed by atoms with E-state index < -0.39 is 5.91 Å². The van der Waals surface area contributed by atoms with Crippen LogP contribution in [0.15, 0.2) is 72.4 Å². The lowest BCUT2D eigenvalue weighted by Gasteiger charge is -2.19. The summed E-state index contributed by atoms with van der Waals surface area (Å²) in [5.74, 6) is 0.502. The Morgan fingerprint density at radius 1 is 0.750 bits per heavy atom. The van der Waals surface area contributed by atoms with Crippen molar-refractivity contribution in [2.75, 3.05) is 23.4 Å². The van der Waals surface area contributed by atoms with E-state index in [1.165, 1.54) is 4.90 Å². The Balaban J connectivity index is 1.58. The van der Waals surface area contributed by atoms with Crippen molar-refractivity contribution in [2.45, 2.75) is 13.8 Å². The van der Waals surface area contributed by atoms with E-state index in [0.717, 1.165) is 11.1 Å². The van der Waals surface area contributed by atoms with E-state index in [1.54, 1.807) is 30.3 Å². The van der Waals surface area contributed by atoms with Gasteiger partial charge in [0.1, 0.15) is 18.9 Å². The molecule has 2 amide bonds. The summed E-state index contributed by atoms with van der Waals surface area (Å²) >= 11 is 0. The Bertz CT molecular complexity index is 1240. The summed E-state index contributed by atoms with van der Waals surface area (Å²) in [6.07, 6.45) is 0. The summed E-state index contributed by atoms with van der Waals surface area (Å²) in [5, 5.41) is 3.18. The molecule has 0 spiro atoms. The number of nitrogens with zero attached hydrogens (tertiary/aromatic N) is 1. The number of hydrogen-bond donors (Lipinski definition) is 1. The van der Waals surface area contributed by atoms with Crippen LogP contribution in [0, 0.1) is 13.8 Å². The minimum atomic E-state index is -0.399. The molecule has 160 valence electrons. The maximum absolute atomic E-state index is 13.5. The van der Waals surface area contributed by atoms with Gasteiger partial charge in [-0.15, -0.1) is 0 Å². The molecule has 3 aromatic rings. The van der Waals surface area contributed by atoms with Crippen LogP contribution in [-0.2, 0) is 9.59 Å². The number of rotatable bonds is 4. The van der Waals surface area contributed by atoms with Gasteiger partial charge in [0.15, 0.2) is 11.5 Å². The van der Waals surface area contributed by atoms with Gasteiger partial charge in [-0.1, -0.05) is 47.5 Å². The lowest BCUT2D eigenvalue weighted by Crippen LogP contribution is -2.32. The number of anilines is 2. The molecule has 6 heteroatoms. The van der Waals surface area contributed by atoms with Crippen LogP contribution >= 0.6 is 0 Å². The maximum atomic E-state index is 13.5. The largest absolute Gasteiger partial charge is 0.486 e. The van der Waals surface area contributed by atoms with E-state index in [-0.39, 0.29) is 11.6 Å². The van der Waals surface area contributed by atoms with Crippen molar-refractivity contribution < 1.29 is 19.1 Å². The van der Waals surface area contributed by atoms with Gasteiger partial charge in [-0.25, -0.2) is 4.90 Å². The monoisotopic (exact) mass is 426 g/mol. The van der Waals surface area contributed by atoms with Crippen LogP contribution in [0.3, 0.4) is 0 Å². The third kappa shape index (κ3) is 3.50. The van der Waals surface area contributed by atoms with Crippen LogP contribution in [-0.4, -0.2) is 25.0 Å². The first-order valence-electron chi connectivity index (χ1n) is 10.4. The zero-order valence-corrected chi connectivity index (χ0v) is 17.8. The van der Waals surface area contributed by atoms with Crippen molar-refractivity contribution in [3.05, 3.63) is 89.1 Å². The van der Waals surface area contributed by atoms with Crippen LogP contribution in [0.1, 0.15) is 16.7 Å². The van der Waals surface area contributed by atoms with Gasteiger partial charge in [-0.2, -0.15) is 0 Å². The highest BCUT2D eigenvalue weighted by atomic mass is 16.6. The topological polar surface area (TPSA) is 67.9 Å². The molecule has 2 aliphatic rings. The Kier molecular flexibility index (Phi) is 4.90. The molecule has 0 fully saturated rings. The maximum Gasteiger partial charge on any atom is 0.282 e. The van der Waals surface area contributed by atoms with E-state index >= 15 is 0 Å². The van der Waals surface area contributed by atoms with E-state index in [9.17, 15) is 9.59 Å². The molecule has 0 radical (unpaired) electrons. The molecule has 3 aromatic carbocycles. The zero-order valence-electron chi connectivity index (χ0n) is 17.8. The lowest BCUT2D eigenvalue weighted by atomic mass is 10.0. The van der Waals surface area contributed by atoms with Crippen molar-refractivity contribution >= 4 is 28.8 Å². The molecule has 0 saturated heterocycles. The third-order valence-corrected chi connectivity index (χ3v) is 5.53. The smallest absolute Gasteiger partial charge is 0.282 e. The lowest BCUT2D eigenvalue weighted by molar-refractivity contribution is -0.120. The fraction of sp³-hybridized carbons (Fsp3) is 0.154. The number of nitrogens with one attached hydrogen (secondary N) is 1. The Morgan fingerprint density at radius 3 is 2.06 bits per heavy atom. The van der Waals surface area contributed by atoms with Gasteiger partial charge >= 0.3 is 0 Å². The van der Waals surface area contributed by atoms with Gasteiger partial charge < -0.3 is 14.8 Å². The molecule has 0 aliphatic carbocycles. The Morgan fingerprint density at radius 2 is 1.38 bits per heavy atom. The molecule has 5 rings (SSSR count). The highest BCUT2D eigenvalue weighted by Gasteiger charge is 2.40. The van der Waals surface area contributed by atoms with E-state index in [2.05, 4.69) is 5.32 Å². The molecule has 0 saturated carbocycles. The van der Waals surface area contributed by atoms with Gasteiger partial charge in [0, 0.05) is 11.8 Å². The van der Waals surface area contributed by atoms with Gasteiger partial charge in [-0.3, -0.25) is 9.59 Å². The highest BCUT2D eigenvalue weighted by molar-refractivity contribution is 6.46. The molecule has 0 bridgehead atoms. The van der Waals surface area contributed by atoms with Crippen molar-refractivity contribution in [1.29, 1.82) is 0 Å². The predicted octanol–water partition coefficient (Wildman–Crippen LogP) is 4.47. The number of imide groups is 1. The first-order chi connectivity index (χ1) is 15.5. The van der Waals surface area contributed by atoms with E-state index in [4.69, 9.17) is 9.47 Å². The van der Waals surface area contributed by atoms with Crippen LogP contribution in [0.2, 0.25) is 0 Å². The molecule has 0 atom stereocenters. The molecule has 2 heterocycles. The second kappa shape index (κ2) is 7.89. The normalized spacial score (nSPS) is 15.4. The zero-order chi connectivity index (χ0) is 22.2. The predicted molar refractivity (Wildman–Crippen MR) is 123 cm³/mol. The van der Waals surface area contributed by atoms with Crippen LogP contribution in [0.25, 0.3) is 5.57 Å². The number of ether oxygens (including phenoxy) is 2. The number of hydrogen-bond acceptors (Lipinski definition) is 5. The second-order valence-corrected chi connectivity index (χ2v) is 7.88. The van der Waals surface area contributed by atoms with Gasteiger partial charge in [0.05, 0.1) is 11.3 Å². The number of carbonyl (C=O) groups is 2.